The number of amides is 4. The van der Waals surface area contributed by atoms with E-state index in [4.69, 9.17) is 8.83 Å². The zero-order valence-electron chi connectivity index (χ0n) is 33.3. The maximum atomic E-state index is 14.5. The largest absolute Gasteiger partial charge is 0.426 e. The SMILES string of the molecule is CC12CCC[C@@H](c3nnco3)N1C(=O)[C@@H](NC(=O)[C@H](CC[C@H](Cc1ccccc1)C(=O)N[C@H]1CCS[C@H]3CCC[C@@H](c4nnco4)N3C1=O)Cc1ccccc1)CCS2. The first kappa shape index (κ1) is 41.1. The molecule has 4 aliphatic heterocycles. The third-order valence-electron chi connectivity index (χ3n) is 12.4. The number of carbonyl (C=O) groups excluding carboxylic acids is 4. The van der Waals surface area contributed by atoms with Crippen LogP contribution in [-0.4, -0.2) is 87.7 Å². The van der Waals surface area contributed by atoms with Crippen molar-refractivity contribution in [1.82, 2.24) is 40.8 Å². The van der Waals surface area contributed by atoms with E-state index in [-0.39, 0.29) is 41.1 Å². The number of benzene rings is 2. The van der Waals surface area contributed by atoms with Gasteiger partial charge < -0.3 is 29.3 Å². The maximum absolute atomic E-state index is 14.5. The molecule has 2 N–H and O–H groups in total. The van der Waals surface area contributed by atoms with Gasteiger partial charge in [-0.05, 0) is 107 Å². The van der Waals surface area contributed by atoms with E-state index in [9.17, 15) is 19.2 Å². The molecular formula is C43H52N8O6S2. The first-order chi connectivity index (χ1) is 28.8. The summed E-state index contributed by atoms with van der Waals surface area (Å²) in [6, 6.07) is 17.6. The molecule has 4 aromatic rings. The lowest BCUT2D eigenvalue weighted by Crippen LogP contribution is -2.57. The number of fused-ring (bicyclic) bond motifs is 2. The van der Waals surface area contributed by atoms with E-state index in [2.05, 4.69) is 38.0 Å². The molecule has 0 spiro atoms. The van der Waals surface area contributed by atoms with Gasteiger partial charge in [-0.3, -0.25) is 19.2 Å². The molecule has 2 aromatic heterocycles. The summed E-state index contributed by atoms with van der Waals surface area (Å²) >= 11 is 3.47. The lowest BCUT2D eigenvalue weighted by atomic mass is 9.86. The van der Waals surface area contributed by atoms with E-state index in [0.29, 0.717) is 62.5 Å². The third kappa shape index (κ3) is 9.38. The molecule has 312 valence electrons. The molecule has 2 aromatic carbocycles. The van der Waals surface area contributed by atoms with Gasteiger partial charge in [-0.2, -0.15) is 0 Å². The van der Waals surface area contributed by atoms with Crippen LogP contribution in [0.5, 0.6) is 0 Å². The highest BCUT2D eigenvalue weighted by Gasteiger charge is 2.49. The molecule has 14 nitrogen and oxygen atoms in total. The summed E-state index contributed by atoms with van der Waals surface area (Å²) < 4.78 is 11.2. The van der Waals surface area contributed by atoms with Crippen molar-refractivity contribution in [2.45, 2.75) is 118 Å². The minimum Gasteiger partial charge on any atom is -0.426 e. The van der Waals surface area contributed by atoms with Gasteiger partial charge in [0.2, 0.25) is 48.2 Å². The van der Waals surface area contributed by atoms with Crippen LogP contribution in [0.4, 0.5) is 0 Å². The van der Waals surface area contributed by atoms with Crippen LogP contribution in [0.25, 0.3) is 0 Å². The van der Waals surface area contributed by atoms with Gasteiger partial charge in [-0.1, -0.05) is 60.7 Å². The van der Waals surface area contributed by atoms with Gasteiger partial charge in [0.25, 0.3) is 0 Å². The van der Waals surface area contributed by atoms with Crippen LogP contribution < -0.4 is 10.6 Å². The normalized spacial score (nSPS) is 27.1. The van der Waals surface area contributed by atoms with E-state index < -0.39 is 28.8 Å². The number of hydrogen-bond acceptors (Lipinski definition) is 12. The second-order valence-corrected chi connectivity index (χ2v) is 19.1. The molecule has 4 fully saturated rings. The summed E-state index contributed by atoms with van der Waals surface area (Å²) in [5.74, 6) is 0.512. The van der Waals surface area contributed by atoms with Crippen molar-refractivity contribution in [2.24, 2.45) is 11.8 Å². The molecule has 4 amide bonds. The molecule has 0 aliphatic carbocycles. The van der Waals surface area contributed by atoms with Crippen LogP contribution in [-0.2, 0) is 32.0 Å². The van der Waals surface area contributed by atoms with E-state index in [1.54, 1.807) is 23.5 Å². The Morgan fingerprint density at radius 2 is 1.31 bits per heavy atom. The molecule has 4 saturated heterocycles. The van der Waals surface area contributed by atoms with Crippen molar-refractivity contribution in [3.05, 3.63) is 96.4 Å². The molecule has 4 aliphatic rings. The summed E-state index contributed by atoms with van der Waals surface area (Å²) in [6.07, 6.45) is 10.2. The second-order valence-electron chi connectivity index (χ2n) is 16.3. The predicted molar refractivity (Wildman–Crippen MR) is 222 cm³/mol. The van der Waals surface area contributed by atoms with Crippen molar-refractivity contribution < 1.29 is 28.0 Å². The van der Waals surface area contributed by atoms with Gasteiger partial charge in [0.05, 0.1) is 10.2 Å². The number of nitrogens with zero attached hydrogens (tertiary/aromatic N) is 6. The number of nitrogens with one attached hydrogen (secondary N) is 2. The van der Waals surface area contributed by atoms with Gasteiger partial charge in [0.15, 0.2) is 0 Å². The van der Waals surface area contributed by atoms with Crippen molar-refractivity contribution >= 4 is 47.2 Å². The molecule has 8 atom stereocenters. The maximum Gasteiger partial charge on any atom is 0.246 e. The van der Waals surface area contributed by atoms with Crippen molar-refractivity contribution in [1.29, 1.82) is 0 Å². The Bertz CT molecular complexity index is 2030. The minimum atomic E-state index is -0.726. The van der Waals surface area contributed by atoms with Gasteiger partial charge >= 0.3 is 0 Å². The Labute approximate surface area is 352 Å². The molecule has 6 heterocycles. The van der Waals surface area contributed by atoms with Crippen molar-refractivity contribution in [2.75, 3.05) is 11.5 Å². The molecule has 1 unspecified atom stereocenters. The highest BCUT2D eigenvalue weighted by Crippen LogP contribution is 2.48. The van der Waals surface area contributed by atoms with Crippen LogP contribution in [0, 0.1) is 11.8 Å². The first-order valence-electron chi connectivity index (χ1n) is 20.9. The quantitative estimate of drug-likeness (QED) is 0.160. The van der Waals surface area contributed by atoms with Gasteiger partial charge in [-0.25, -0.2) is 0 Å². The molecule has 0 bridgehead atoms. The summed E-state index contributed by atoms with van der Waals surface area (Å²) in [5, 5.41) is 22.4. The zero-order chi connectivity index (χ0) is 40.8. The van der Waals surface area contributed by atoms with E-state index >= 15 is 0 Å². The average Bonchev–Trinajstić information content (AvgIpc) is 3.96. The number of piperidine rings is 2. The van der Waals surface area contributed by atoms with Crippen molar-refractivity contribution in [3.8, 4) is 0 Å². The first-order valence-corrected chi connectivity index (χ1v) is 22.9. The second kappa shape index (κ2) is 18.7. The van der Waals surface area contributed by atoms with Crippen LogP contribution in [0.3, 0.4) is 0 Å². The van der Waals surface area contributed by atoms with Gasteiger partial charge in [-0.15, -0.1) is 43.9 Å². The fourth-order valence-corrected chi connectivity index (χ4v) is 12.1. The number of aromatic nitrogens is 4. The van der Waals surface area contributed by atoms with Crippen molar-refractivity contribution in [3.63, 3.8) is 0 Å². The fraction of sp³-hybridized carbons (Fsp3) is 0.535. The van der Waals surface area contributed by atoms with Crippen LogP contribution in [0.15, 0.2) is 82.3 Å². The highest BCUT2D eigenvalue weighted by molar-refractivity contribution is 8.00. The lowest BCUT2D eigenvalue weighted by molar-refractivity contribution is -0.145. The standard InChI is InChI=1S/C43H52N8O6S2/c1-43-21-9-15-35(40-49-45-27-57-40)51(43)42(55)33(20-23-59-43)47-38(53)31(25-29-12-6-3-7-13-29)18-17-30(24-28-10-4-2-5-11-28)37(52)46-32-19-22-58-36-16-8-14-34(50(36)41(32)54)39-48-44-26-56-39/h2-7,10-13,26-27,30-36H,8-9,14-25H2,1H3,(H,46,52)(H,47,53)/t30-,31-,32+,33+,34+,35+,36+,43?/m1/s1. The number of hydrogen-bond donors (Lipinski definition) is 2. The monoisotopic (exact) mass is 840 g/mol. The smallest absolute Gasteiger partial charge is 0.246 e. The predicted octanol–water partition coefficient (Wildman–Crippen LogP) is 6.04. The van der Waals surface area contributed by atoms with Crippen LogP contribution in [0.1, 0.15) is 106 Å². The molecule has 8 rings (SSSR count). The number of carbonyl (C=O) groups is 4. The third-order valence-corrected chi connectivity index (χ3v) is 15.1. The van der Waals surface area contributed by atoms with Crippen LogP contribution >= 0.6 is 23.5 Å². The fourth-order valence-electron chi connectivity index (χ4n) is 9.30. The Hall–Kier alpha value is -4.70. The molecule has 59 heavy (non-hydrogen) atoms. The Balaban J connectivity index is 1.01. The summed E-state index contributed by atoms with van der Waals surface area (Å²) in [7, 11) is 0. The Kier molecular flexibility index (Phi) is 13.0. The Morgan fingerprint density at radius 1 is 0.746 bits per heavy atom. The van der Waals surface area contributed by atoms with Crippen LogP contribution in [0.2, 0.25) is 0 Å². The van der Waals surface area contributed by atoms with E-state index in [0.717, 1.165) is 49.0 Å². The molecule has 0 radical (unpaired) electrons. The van der Waals surface area contributed by atoms with Gasteiger partial charge in [0, 0.05) is 11.8 Å². The molecule has 0 saturated carbocycles. The van der Waals surface area contributed by atoms with E-state index in [1.165, 1.54) is 12.8 Å². The minimum absolute atomic E-state index is 0.0280. The van der Waals surface area contributed by atoms with E-state index in [1.807, 2.05) is 70.5 Å². The number of thioether (sulfide) groups is 2. The summed E-state index contributed by atoms with van der Waals surface area (Å²) in [4.78, 5) is 61.1. The number of rotatable bonds is 13. The topological polar surface area (TPSA) is 177 Å². The average molecular weight is 841 g/mol. The zero-order valence-corrected chi connectivity index (χ0v) is 35.0. The summed E-state index contributed by atoms with van der Waals surface area (Å²) in [6.45, 7) is 2.09. The molecule has 16 heteroatoms. The highest BCUT2D eigenvalue weighted by atomic mass is 32.2. The molecular weight excluding hydrogens is 789 g/mol. The lowest BCUT2D eigenvalue weighted by Gasteiger charge is -2.47. The summed E-state index contributed by atoms with van der Waals surface area (Å²) in [5.41, 5.74) is 1.99. The Morgan fingerprint density at radius 3 is 1.90 bits per heavy atom. The van der Waals surface area contributed by atoms with Gasteiger partial charge in [0.1, 0.15) is 24.2 Å².